The molecule has 4 rings (SSSR count). The fourth-order valence-electron chi connectivity index (χ4n) is 5.22. The molecule has 36 heavy (non-hydrogen) atoms. The number of ether oxygens (including phenoxy) is 1. The minimum absolute atomic E-state index is 0.190. The van der Waals surface area contributed by atoms with Gasteiger partial charge in [0, 0.05) is 40.9 Å². The van der Waals surface area contributed by atoms with Crippen molar-refractivity contribution in [2.75, 3.05) is 24.6 Å². The van der Waals surface area contributed by atoms with Gasteiger partial charge in [-0.3, -0.25) is 0 Å². The number of hydrogen-bond donors (Lipinski definition) is 2. The second-order valence-corrected chi connectivity index (χ2v) is 10.9. The topological polar surface area (TPSA) is 82.3 Å². The maximum Gasteiger partial charge on any atom is 0.163 e. The van der Waals surface area contributed by atoms with Crippen molar-refractivity contribution in [1.29, 1.82) is 5.41 Å². The summed E-state index contributed by atoms with van der Waals surface area (Å²) < 4.78 is 20.1. The van der Waals surface area contributed by atoms with Crippen molar-refractivity contribution in [3.63, 3.8) is 0 Å². The lowest BCUT2D eigenvalue weighted by Gasteiger charge is -2.58. The van der Waals surface area contributed by atoms with E-state index in [1.54, 1.807) is 25.1 Å². The molecule has 2 N–H and O–H groups in total. The zero-order chi connectivity index (χ0) is 26.2. The van der Waals surface area contributed by atoms with Gasteiger partial charge in [0.2, 0.25) is 0 Å². The first kappa shape index (κ1) is 26.6. The Kier molecular flexibility index (Phi) is 7.72. The van der Waals surface area contributed by atoms with Crippen LogP contribution in [0.2, 0.25) is 5.02 Å². The lowest BCUT2D eigenvalue weighted by molar-refractivity contribution is -0.0272. The summed E-state index contributed by atoms with van der Waals surface area (Å²) in [6.07, 6.45) is 1.79. The fourth-order valence-corrected chi connectivity index (χ4v) is 5.42. The third-order valence-corrected chi connectivity index (χ3v) is 7.68. The Morgan fingerprint density at radius 3 is 2.58 bits per heavy atom. The molecule has 0 bridgehead atoms. The smallest absolute Gasteiger partial charge is 0.163 e. The molecule has 8 heteroatoms. The first-order valence-electron chi connectivity index (χ1n) is 12.7. The van der Waals surface area contributed by atoms with Crippen molar-refractivity contribution in [2.24, 2.45) is 5.41 Å². The van der Waals surface area contributed by atoms with Crippen molar-refractivity contribution in [2.45, 2.75) is 72.6 Å². The van der Waals surface area contributed by atoms with E-state index in [9.17, 15) is 9.50 Å². The van der Waals surface area contributed by atoms with E-state index in [1.807, 2.05) is 27.7 Å². The molecule has 2 aromatic rings. The Morgan fingerprint density at radius 2 is 2.03 bits per heavy atom. The van der Waals surface area contributed by atoms with Crippen molar-refractivity contribution in [3.8, 4) is 17.1 Å². The van der Waals surface area contributed by atoms with Gasteiger partial charge in [-0.2, -0.15) is 0 Å². The number of aliphatic hydroxyl groups excluding tert-OH is 1. The van der Waals surface area contributed by atoms with E-state index >= 15 is 0 Å². The molecule has 1 spiro atoms. The number of nitrogens with zero attached hydrogens (tertiary/aromatic N) is 3. The molecule has 1 aliphatic heterocycles. The number of rotatable bonds is 9. The van der Waals surface area contributed by atoms with E-state index in [0.717, 1.165) is 35.4 Å². The maximum atomic E-state index is 14.3. The van der Waals surface area contributed by atoms with Crippen LogP contribution in [0.3, 0.4) is 0 Å². The van der Waals surface area contributed by atoms with E-state index < -0.39 is 12.3 Å². The molecule has 2 aliphatic rings. The third kappa shape index (κ3) is 5.00. The largest absolute Gasteiger partial charge is 0.491 e. The predicted octanol–water partition coefficient (Wildman–Crippen LogP) is 6.42. The first-order valence-corrected chi connectivity index (χ1v) is 13.1. The molecule has 1 aromatic carbocycles. The van der Waals surface area contributed by atoms with Gasteiger partial charge in [-0.15, -0.1) is 0 Å². The highest BCUT2D eigenvalue weighted by molar-refractivity contribution is 6.33. The summed E-state index contributed by atoms with van der Waals surface area (Å²) in [4.78, 5) is 11.9. The zero-order valence-corrected chi connectivity index (χ0v) is 22.5. The fraction of sp³-hybridized carbons (Fsp3) is 0.536. The van der Waals surface area contributed by atoms with Crippen LogP contribution in [0.15, 0.2) is 23.8 Å². The summed E-state index contributed by atoms with van der Waals surface area (Å²) >= 11 is 6.61. The molecule has 1 unspecified atom stereocenters. The second kappa shape index (κ2) is 10.5. The number of aromatic nitrogens is 2. The van der Waals surface area contributed by atoms with Gasteiger partial charge in [0.05, 0.1) is 16.8 Å². The molecule has 194 valence electrons. The Hall–Kier alpha value is -2.51. The van der Waals surface area contributed by atoms with Gasteiger partial charge < -0.3 is 20.2 Å². The number of anilines is 1. The normalized spacial score (nSPS) is 18.9. The molecule has 2 atom stereocenters. The number of aliphatic hydroxyl groups is 1. The number of benzene rings is 1. The Morgan fingerprint density at radius 1 is 1.31 bits per heavy atom. The highest BCUT2D eigenvalue weighted by Crippen LogP contribution is 2.52. The number of halogens is 2. The molecule has 1 saturated heterocycles. The molecular formula is C28H36ClFN4O2. The van der Waals surface area contributed by atoms with Gasteiger partial charge >= 0.3 is 0 Å². The summed E-state index contributed by atoms with van der Waals surface area (Å²) in [6.45, 7) is 11.1. The molecule has 1 aliphatic carbocycles. The first-order chi connectivity index (χ1) is 17.1. The monoisotopic (exact) mass is 514 g/mol. The minimum Gasteiger partial charge on any atom is -0.491 e. The Labute approximate surface area is 218 Å². The van der Waals surface area contributed by atoms with Crippen molar-refractivity contribution < 1.29 is 14.2 Å². The minimum atomic E-state index is -0.752. The van der Waals surface area contributed by atoms with Crippen LogP contribution < -0.4 is 9.64 Å². The quantitative estimate of drug-likeness (QED) is 0.377. The van der Waals surface area contributed by atoms with E-state index in [1.165, 1.54) is 0 Å². The van der Waals surface area contributed by atoms with Crippen LogP contribution >= 0.6 is 11.6 Å². The van der Waals surface area contributed by atoms with Crippen molar-refractivity contribution in [1.82, 2.24) is 9.97 Å². The molecule has 1 saturated carbocycles. The number of nitrogens with one attached hydrogen (secondary N) is 1. The average molecular weight is 515 g/mol. The van der Waals surface area contributed by atoms with Crippen molar-refractivity contribution >= 4 is 28.7 Å². The standard InChI is InChI=1S/C28H36ClFN4O2/c1-6-7-19(35)13-36-20-8-9-22(29)21(12-20)26-32-25(24(16(2)3)18(5)31)17(4)27(33-26)34-14-28(15-34)11-10-23(28)30/h8-9,12,19,23,31,35H,6-7,10-11,13-15H2,1-5H3/t19-,23?/m1/s1. The van der Waals surface area contributed by atoms with Crippen molar-refractivity contribution in [3.05, 3.63) is 40.1 Å². The van der Waals surface area contributed by atoms with E-state index in [-0.39, 0.29) is 12.0 Å². The van der Waals surface area contributed by atoms with Crippen LogP contribution in [0.1, 0.15) is 64.6 Å². The van der Waals surface area contributed by atoms with E-state index in [0.29, 0.717) is 59.5 Å². The van der Waals surface area contributed by atoms with Crippen LogP contribution in [0.5, 0.6) is 5.75 Å². The molecule has 0 radical (unpaired) electrons. The predicted molar refractivity (Wildman–Crippen MR) is 144 cm³/mol. The molecule has 0 amide bonds. The van der Waals surface area contributed by atoms with Crippen LogP contribution in [0.4, 0.5) is 10.2 Å². The summed E-state index contributed by atoms with van der Waals surface area (Å²) in [5, 5.41) is 19.0. The summed E-state index contributed by atoms with van der Waals surface area (Å²) in [5.41, 5.74) is 4.10. The van der Waals surface area contributed by atoms with Gasteiger partial charge in [-0.25, -0.2) is 14.4 Å². The van der Waals surface area contributed by atoms with Gasteiger partial charge in [0.15, 0.2) is 5.82 Å². The van der Waals surface area contributed by atoms with Crippen LogP contribution in [-0.4, -0.2) is 52.8 Å². The molecule has 2 heterocycles. The number of allylic oxidation sites excluding steroid dienone is 2. The SMILES string of the molecule is CCC[C@@H](O)COc1ccc(Cl)c(-c2nc(C(C(C)=N)=C(C)C)c(C)c(N3CC4(CCC4F)C3)n2)c1. The van der Waals surface area contributed by atoms with Gasteiger partial charge in [-0.05, 0) is 65.2 Å². The van der Waals surface area contributed by atoms with E-state index in [2.05, 4.69) is 4.90 Å². The molecule has 6 nitrogen and oxygen atoms in total. The van der Waals surface area contributed by atoms with Crippen LogP contribution in [-0.2, 0) is 0 Å². The summed E-state index contributed by atoms with van der Waals surface area (Å²) in [6, 6.07) is 5.30. The zero-order valence-electron chi connectivity index (χ0n) is 21.8. The highest BCUT2D eigenvalue weighted by atomic mass is 35.5. The van der Waals surface area contributed by atoms with E-state index in [4.69, 9.17) is 31.7 Å². The van der Waals surface area contributed by atoms with Gasteiger partial charge in [0.1, 0.15) is 24.3 Å². The molecular weight excluding hydrogens is 479 g/mol. The highest BCUT2D eigenvalue weighted by Gasteiger charge is 2.56. The average Bonchev–Trinajstić information content (AvgIpc) is 2.78. The Balaban J connectivity index is 1.76. The van der Waals surface area contributed by atoms with Gasteiger partial charge in [0.25, 0.3) is 0 Å². The van der Waals surface area contributed by atoms with Crippen LogP contribution in [0.25, 0.3) is 17.0 Å². The second-order valence-electron chi connectivity index (χ2n) is 10.5. The number of alkyl halides is 1. The third-order valence-electron chi connectivity index (χ3n) is 7.35. The molecule has 1 aromatic heterocycles. The lowest BCUT2D eigenvalue weighted by atomic mass is 9.62. The Bertz CT molecular complexity index is 1190. The maximum absolute atomic E-state index is 14.3. The lowest BCUT2D eigenvalue weighted by Crippen LogP contribution is -2.66. The molecule has 2 fully saturated rings. The number of hydrogen-bond acceptors (Lipinski definition) is 6. The van der Waals surface area contributed by atoms with Gasteiger partial charge in [-0.1, -0.05) is 30.5 Å². The summed E-state index contributed by atoms with van der Waals surface area (Å²) in [7, 11) is 0. The van der Waals surface area contributed by atoms with Crippen LogP contribution in [0, 0.1) is 17.7 Å². The summed E-state index contributed by atoms with van der Waals surface area (Å²) in [5.74, 6) is 1.75.